The van der Waals surface area contributed by atoms with Crippen molar-refractivity contribution in [1.29, 1.82) is 0 Å². The SMILES string of the molecule is OC[C@H]1O[C@]2(OCc3ccc(Cc4ccncc4)cc32)[C@H](O)[C@@H](O)[C@@H]1O. The van der Waals surface area contributed by atoms with Crippen LogP contribution in [0.2, 0.25) is 0 Å². The van der Waals surface area contributed by atoms with Crippen molar-refractivity contribution >= 4 is 0 Å². The van der Waals surface area contributed by atoms with Crippen LogP contribution in [0.5, 0.6) is 0 Å². The maximum absolute atomic E-state index is 10.6. The van der Waals surface area contributed by atoms with Gasteiger partial charge in [0.2, 0.25) is 5.79 Å². The maximum Gasteiger partial charge on any atom is 0.225 e. The van der Waals surface area contributed by atoms with E-state index in [0.717, 1.165) is 16.7 Å². The number of aliphatic hydroxyl groups excluding tert-OH is 4. The number of benzene rings is 1. The second-order valence-corrected chi connectivity index (χ2v) is 6.74. The second kappa shape index (κ2) is 6.70. The first-order valence-corrected chi connectivity index (χ1v) is 8.53. The highest BCUT2D eigenvalue weighted by molar-refractivity contribution is 5.40. The van der Waals surface area contributed by atoms with Crippen LogP contribution in [0, 0.1) is 0 Å². The predicted molar refractivity (Wildman–Crippen MR) is 89.9 cm³/mol. The summed E-state index contributed by atoms with van der Waals surface area (Å²) in [5.41, 5.74) is 3.52. The number of fused-ring (bicyclic) bond motifs is 2. The van der Waals surface area contributed by atoms with E-state index in [-0.39, 0.29) is 6.61 Å². The van der Waals surface area contributed by atoms with Crippen molar-refractivity contribution in [3.05, 3.63) is 65.0 Å². The molecule has 1 saturated heterocycles. The third kappa shape index (κ3) is 2.73. The summed E-state index contributed by atoms with van der Waals surface area (Å²) in [5.74, 6) is -1.60. The van der Waals surface area contributed by atoms with Crippen LogP contribution >= 0.6 is 0 Å². The van der Waals surface area contributed by atoms with Gasteiger partial charge in [-0.3, -0.25) is 4.98 Å². The van der Waals surface area contributed by atoms with Crippen molar-refractivity contribution in [1.82, 2.24) is 4.98 Å². The fourth-order valence-corrected chi connectivity index (χ4v) is 3.67. The summed E-state index contributed by atoms with van der Waals surface area (Å²) in [6.45, 7) is -0.287. The van der Waals surface area contributed by atoms with E-state index in [1.54, 1.807) is 12.4 Å². The molecular formula is C19H21NO6. The molecule has 7 nitrogen and oxygen atoms in total. The Kier molecular flexibility index (Phi) is 4.52. The van der Waals surface area contributed by atoms with Crippen LogP contribution in [0.25, 0.3) is 0 Å². The number of nitrogens with zero attached hydrogens (tertiary/aromatic N) is 1. The Labute approximate surface area is 150 Å². The highest BCUT2D eigenvalue weighted by Gasteiger charge is 2.58. The number of ether oxygens (including phenoxy) is 2. The molecule has 1 fully saturated rings. The lowest BCUT2D eigenvalue weighted by Crippen LogP contribution is -2.63. The van der Waals surface area contributed by atoms with Crippen molar-refractivity contribution in [3.63, 3.8) is 0 Å². The fourth-order valence-electron chi connectivity index (χ4n) is 3.67. The molecule has 4 rings (SSSR count). The summed E-state index contributed by atoms with van der Waals surface area (Å²) in [5, 5.41) is 40.3. The molecule has 0 aliphatic carbocycles. The summed E-state index contributed by atoms with van der Waals surface area (Å²) < 4.78 is 11.5. The summed E-state index contributed by atoms with van der Waals surface area (Å²) in [6, 6.07) is 9.61. The summed E-state index contributed by atoms with van der Waals surface area (Å²) in [4.78, 5) is 4.01. The highest BCUT2D eigenvalue weighted by atomic mass is 16.7. The maximum atomic E-state index is 10.6. The fraction of sp³-hybridized carbons (Fsp3) is 0.421. The second-order valence-electron chi connectivity index (χ2n) is 6.74. The van der Waals surface area contributed by atoms with E-state index in [1.807, 2.05) is 30.3 Å². The van der Waals surface area contributed by atoms with Crippen molar-refractivity contribution in [2.24, 2.45) is 0 Å². The van der Waals surface area contributed by atoms with E-state index in [9.17, 15) is 20.4 Å². The lowest BCUT2D eigenvalue weighted by atomic mass is 9.86. The molecule has 1 aromatic heterocycles. The standard InChI is InChI=1S/C19H21NO6/c21-9-15-16(22)17(23)18(24)19(26-15)14-8-12(1-2-13(14)10-25-19)7-11-3-5-20-6-4-11/h1-6,8,15-18,21-24H,7,9-10H2/t15-,16-,17+,18-,19+/m1/s1. The minimum atomic E-state index is -1.60. The van der Waals surface area contributed by atoms with E-state index < -0.39 is 36.8 Å². The van der Waals surface area contributed by atoms with Crippen LogP contribution in [0.15, 0.2) is 42.7 Å². The Bertz CT molecular complexity index is 783. The monoisotopic (exact) mass is 359 g/mol. The molecule has 0 amide bonds. The van der Waals surface area contributed by atoms with E-state index in [0.29, 0.717) is 12.0 Å². The quantitative estimate of drug-likeness (QED) is 0.602. The predicted octanol–water partition coefficient (Wildman–Crippen LogP) is -0.171. The van der Waals surface area contributed by atoms with Gasteiger partial charge >= 0.3 is 0 Å². The van der Waals surface area contributed by atoms with Gasteiger partial charge in [0.05, 0.1) is 13.2 Å². The van der Waals surface area contributed by atoms with Gasteiger partial charge in [-0.25, -0.2) is 0 Å². The number of aliphatic hydroxyl groups is 4. The van der Waals surface area contributed by atoms with Gasteiger partial charge in [-0.05, 0) is 41.3 Å². The first kappa shape index (κ1) is 17.5. The van der Waals surface area contributed by atoms with Gasteiger partial charge < -0.3 is 29.9 Å². The van der Waals surface area contributed by atoms with E-state index >= 15 is 0 Å². The molecule has 0 bridgehead atoms. The van der Waals surface area contributed by atoms with E-state index in [2.05, 4.69) is 4.98 Å². The van der Waals surface area contributed by atoms with Crippen LogP contribution in [0.3, 0.4) is 0 Å². The van der Waals surface area contributed by atoms with Gasteiger partial charge in [-0.15, -0.1) is 0 Å². The molecule has 0 saturated carbocycles. The van der Waals surface area contributed by atoms with E-state index in [1.165, 1.54) is 0 Å². The minimum absolute atomic E-state index is 0.211. The van der Waals surface area contributed by atoms with Gasteiger partial charge in [0, 0.05) is 18.0 Å². The molecule has 1 spiro atoms. The Balaban J connectivity index is 1.70. The third-order valence-corrected chi connectivity index (χ3v) is 5.10. The molecule has 5 atom stereocenters. The Morgan fingerprint density at radius 2 is 1.81 bits per heavy atom. The number of aromatic nitrogens is 1. The summed E-state index contributed by atoms with van der Waals surface area (Å²) in [7, 11) is 0. The lowest BCUT2D eigenvalue weighted by molar-refractivity contribution is -0.368. The number of hydrogen-bond donors (Lipinski definition) is 4. The number of rotatable bonds is 3. The van der Waals surface area contributed by atoms with Crippen molar-refractivity contribution in [3.8, 4) is 0 Å². The van der Waals surface area contributed by atoms with Crippen LogP contribution < -0.4 is 0 Å². The van der Waals surface area contributed by atoms with E-state index in [4.69, 9.17) is 9.47 Å². The molecule has 138 valence electrons. The average molecular weight is 359 g/mol. The zero-order chi connectivity index (χ0) is 18.3. The molecule has 2 aliphatic rings. The van der Waals surface area contributed by atoms with Crippen molar-refractivity contribution in [2.75, 3.05) is 6.61 Å². The zero-order valence-corrected chi connectivity index (χ0v) is 14.0. The van der Waals surface area contributed by atoms with Crippen molar-refractivity contribution in [2.45, 2.75) is 43.2 Å². The first-order chi connectivity index (χ1) is 12.5. The Morgan fingerprint density at radius 3 is 2.54 bits per heavy atom. The minimum Gasteiger partial charge on any atom is -0.394 e. The van der Waals surface area contributed by atoms with Crippen LogP contribution in [-0.2, 0) is 28.3 Å². The molecule has 2 aromatic rings. The number of hydrogen-bond acceptors (Lipinski definition) is 7. The van der Waals surface area contributed by atoms with Crippen LogP contribution in [0.4, 0.5) is 0 Å². The molecule has 2 aliphatic heterocycles. The molecule has 26 heavy (non-hydrogen) atoms. The topological polar surface area (TPSA) is 112 Å². The molecule has 0 unspecified atom stereocenters. The largest absolute Gasteiger partial charge is 0.394 e. The Morgan fingerprint density at radius 1 is 1.04 bits per heavy atom. The number of pyridine rings is 1. The van der Waals surface area contributed by atoms with Crippen LogP contribution in [-0.4, -0.2) is 56.4 Å². The first-order valence-electron chi connectivity index (χ1n) is 8.53. The summed E-state index contributed by atoms with van der Waals surface area (Å²) in [6.07, 6.45) is -1.29. The normalized spacial score (nSPS) is 33.4. The van der Waals surface area contributed by atoms with Gasteiger partial charge in [0.1, 0.15) is 24.4 Å². The van der Waals surface area contributed by atoms with Crippen molar-refractivity contribution < 1.29 is 29.9 Å². The molecule has 7 heteroatoms. The molecule has 0 radical (unpaired) electrons. The lowest BCUT2D eigenvalue weighted by Gasteiger charge is -2.46. The molecule has 1 aromatic carbocycles. The highest BCUT2D eigenvalue weighted by Crippen LogP contribution is 2.46. The van der Waals surface area contributed by atoms with Gasteiger partial charge in [0.25, 0.3) is 0 Å². The van der Waals surface area contributed by atoms with Crippen LogP contribution in [0.1, 0.15) is 22.3 Å². The molecular weight excluding hydrogens is 338 g/mol. The average Bonchev–Trinajstić information content (AvgIpc) is 3.03. The third-order valence-electron chi connectivity index (χ3n) is 5.10. The smallest absolute Gasteiger partial charge is 0.225 e. The summed E-state index contributed by atoms with van der Waals surface area (Å²) >= 11 is 0. The zero-order valence-electron chi connectivity index (χ0n) is 14.0. The Hall–Kier alpha value is -1.87. The van der Waals surface area contributed by atoms with Gasteiger partial charge in [0.15, 0.2) is 0 Å². The van der Waals surface area contributed by atoms with Gasteiger partial charge in [-0.2, -0.15) is 0 Å². The molecule has 3 heterocycles. The molecule has 4 N–H and O–H groups in total. The van der Waals surface area contributed by atoms with Gasteiger partial charge in [-0.1, -0.05) is 12.1 Å².